The average Bonchev–Trinajstić information content (AvgIpc) is 2.75. The Morgan fingerprint density at radius 3 is 2.58 bits per heavy atom. The van der Waals surface area contributed by atoms with Crippen LogP contribution in [0.4, 0.5) is 0 Å². The second-order valence-corrected chi connectivity index (χ2v) is 6.10. The largest absolute Gasteiger partial charge is 0.480 e. The lowest BCUT2D eigenvalue weighted by Crippen LogP contribution is -2.53. The normalized spacial score (nSPS) is 31.3. The molecule has 0 bridgehead atoms. The molecule has 0 aromatic rings. The van der Waals surface area contributed by atoms with E-state index >= 15 is 0 Å². The minimum atomic E-state index is -0.711. The van der Waals surface area contributed by atoms with Gasteiger partial charge in [0.05, 0.1) is 0 Å². The summed E-state index contributed by atoms with van der Waals surface area (Å²) in [5.41, 5.74) is -0.711. The van der Waals surface area contributed by atoms with Gasteiger partial charge in [-0.25, -0.2) is 0 Å². The smallest absolute Gasteiger partial charge is 0.324 e. The van der Waals surface area contributed by atoms with Crippen LogP contribution in [0.25, 0.3) is 0 Å². The molecular weight excluding hydrogens is 242 g/mol. The van der Waals surface area contributed by atoms with Gasteiger partial charge < -0.3 is 15.2 Å². The van der Waals surface area contributed by atoms with Crippen molar-refractivity contribution in [1.29, 1.82) is 0 Å². The van der Waals surface area contributed by atoms with Gasteiger partial charge in [-0.15, -0.1) is 0 Å². The van der Waals surface area contributed by atoms with Gasteiger partial charge in [0, 0.05) is 13.2 Å². The van der Waals surface area contributed by atoms with Crippen molar-refractivity contribution in [1.82, 2.24) is 5.32 Å². The molecular formula is C15H27NO3. The van der Waals surface area contributed by atoms with E-state index in [9.17, 15) is 9.90 Å². The Bertz CT molecular complexity index is 304. The zero-order chi connectivity index (χ0) is 13.7. The van der Waals surface area contributed by atoms with Gasteiger partial charge in [0.2, 0.25) is 0 Å². The molecule has 2 unspecified atom stereocenters. The summed E-state index contributed by atoms with van der Waals surface area (Å²) < 4.78 is 5.70. The highest BCUT2D eigenvalue weighted by molar-refractivity contribution is 5.79. The van der Waals surface area contributed by atoms with Crippen molar-refractivity contribution in [3.8, 4) is 0 Å². The monoisotopic (exact) mass is 269 g/mol. The Hall–Kier alpha value is -0.610. The first-order valence-electron chi connectivity index (χ1n) is 7.69. The lowest BCUT2D eigenvalue weighted by atomic mass is 9.83. The molecule has 2 atom stereocenters. The number of aliphatic carboxylic acids is 1. The van der Waals surface area contributed by atoms with Crippen LogP contribution in [0.15, 0.2) is 0 Å². The number of carboxylic acids is 1. The van der Waals surface area contributed by atoms with Crippen molar-refractivity contribution in [2.24, 2.45) is 11.8 Å². The number of hydrogen-bond acceptors (Lipinski definition) is 3. The molecule has 0 amide bonds. The summed E-state index contributed by atoms with van der Waals surface area (Å²) in [7, 11) is 1.77. The fourth-order valence-electron chi connectivity index (χ4n) is 3.55. The second-order valence-electron chi connectivity index (χ2n) is 6.10. The minimum absolute atomic E-state index is 0.207. The van der Waals surface area contributed by atoms with Crippen molar-refractivity contribution in [3.05, 3.63) is 0 Å². The van der Waals surface area contributed by atoms with Crippen LogP contribution in [-0.2, 0) is 9.53 Å². The lowest BCUT2D eigenvalue weighted by molar-refractivity contribution is -0.146. The Labute approximate surface area is 115 Å². The van der Waals surface area contributed by atoms with E-state index in [4.69, 9.17) is 4.74 Å². The predicted octanol–water partition coefficient (Wildman–Crippen LogP) is 2.43. The molecule has 2 saturated carbocycles. The van der Waals surface area contributed by atoms with Gasteiger partial charge in [-0.3, -0.25) is 4.79 Å². The standard InChI is InChI=1S/C15H27NO3/c1-16-15(14(17)18)9-3-6-13(15)8-11-19-10-7-12-4-2-5-12/h12-13,16H,2-11H2,1H3,(H,17,18). The van der Waals surface area contributed by atoms with Crippen LogP contribution < -0.4 is 5.32 Å². The Balaban J connectivity index is 1.67. The molecule has 2 N–H and O–H groups in total. The third-order valence-corrected chi connectivity index (χ3v) is 5.15. The summed E-state index contributed by atoms with van der Waals surface area (Å²) in [4.78, 5) is 11.5. The van der Waals surface area contributed by atoms with Crippen LogP contribution in [0.2, 0.25) is 0 Å². The van der Waals surface area contributed by atoms with E-state index in [1.165, 1.54) is 25.7 Å². The molecule has 0 aliphatic heterocycles. The third kappa shape index (κ3) is 3.29. The third-order valence-electron chi connectivity index (χ3n) is 5.15. The van der Waals surface area contributed by atoms with Crippen molar-refractivity contribution in [2.75, 3.05) is 20.3 Å². The Morgan fingerprint density at radius 2 is 2.00 bits per heavy atom. The first-order valence-corrected chi connectivity index (χ1v) is 7.69. The number of ether oxygens (including phenoxy) is 1. The maximum Gasteiger partial charge on any atom is 0.324 e. The molecule has 2 aliphatic rings. The SMILES string of the molecule is CNC1(C(=O)O)CCCC1CCOCCC1CCC1. The van der Waals surface area contributed by atoms with Crippen molar-refractivity contribution < 1.29 is 14.6 Å². The predicted molar refractivity (Wildman–Crippen MR) is 74.2 cm³/mol. The van der Waals surface area contributed by atoms with E-state index in [-0.39, 0.29) is 5.92 Å². The molecule has 2 rings (SSSR count). The molecule has 0 spiro atoms. The first kappa shape index (κ1) is 14.8. The molecule has 0 aromatic heterocycles. The molecule has 110 valence electrons. The fraction of sp³-hybridized carbons (Fsp3) is 0.933. The van der Waals surface area contributed by atoms with Gasteiger partial charge in [0.25, 0.3) is 0 Å². The van der Waals surface area contributed by atoms with Crippen molar-refractivity contribution in [3.63, 3.8) is 0 Å². The molecule has 0 saturated heterocycles. The fourth-order valence-corrected chi connectivity index (χ4v) is 3.55. The Morgan fingerprint density at radius 1 is 1.26 bits per heavy atom. The molecule has 4 heteroatoms. The number of nitrogens with one attached hydrogen (secondary N) is 1. The quantitative estimate of drug-likeness (QED) is 0.664. The highest BCUT2D eigenvalue weighted by Gasteiger charge is 2.47. The van der Waals surface area contributed by atoms with E-state index in [0.717, 1.165) is 38.2 Å². The van der Waals surface area contributed by atoms with Gasteiger partial charge in [-0.05, 0) is 44.6 Å². The molecule has 19 heavy (non-hydrogen) atoms. The van der Waals surface area contributed by atoms with Crippen LogP contribution in [0.1, 0.15) is 51.4 Å². The summed E-state index contributed by atoms with van der Waals surface area (Å²) in [6.07, 6.45) is 8.90. The van der Waals surface area contributed by atoms with Gasteiger partial charge in [0.1, 0.15) is 5.54 Å². The number of likely N-dealkylation sites (N-methyl/N-ethyl adjacent to an activating group) is 1. The molecule has 0 heterocycles. The van der Waals surface area contributed by atoms with Crippen molar-refractivity contribution >= 4 is 5.97 Å². The number of carboxylic acid groups (broad SMARTS) is 1. The number of carbonyl (C=O) groups is 1. The van der Waals surface area contributed by atoms with E-state index < -0.39 is 11.5 Å². The first-order chi connectivity index (χ1) is 9.19. The molecule has 0 aromatic carbocycles. The van der Waals surface area contributed by atoms with Gasteiger partial charge >= 0.3 is 5.97 Å². The molecule has 2 fully saturated rings. The number of hydrogen-bond donors (Lipinski definition) is 2. The van der Waals surface area contributed by atoms with E-state index in [1.54, 1.807) is 7.05 Å². The molecule has 2 aliphatic carbocycles. The van der Waals surface area contributed by atoms with Crippen LogP contribution in [0.3, 0.4) is 0 Å². The van der Waals surface area contributed by atoms with E-state index in [2.05, 4.69) is 5.32 Å². The maximum absolute atomic E-state index is 11.5. The second kappa shape index (κ2) is 6.71. The molecule has 0 radical (unpaired) electrons. The lowest BCUT2D eigenvalue weighted by Gasteiger charge is -2.31. The summed E-state index contributed by atoms with van der Waals surface area (Å²) >= 11 is 0. The van der Waals surface area contributed by atoms with E-state index in [1.807, 2.05) is 0 Å². The topological polar surface area (TPSA) is 58.6 Å². The van der Waals surface area contributed by atoms with Crippen LogP contribution >= 0.6 is 0 Å². The van der Waals surface area contributed by atoms with Crippen molar-refractivity contribution in [2.45, 2.75) is 56.9 Å². The summed E-state index contributed by atoms with van der Waals surface area (Å²) in [5.74, 6) is 0.396. The summed E-state index contributed by atoms with van der Waals surface area (Å²) in [6, 6.07) is 0. The summed E-state index contributed by atoms with van der Waals surface area (Å²) in [6.45, 7) is 1.55. The average molecular weight is 269 g/mol. The Kier molecular flexibility index (Phi) is 5.22. The minimum Gasteiger partial charge on any atom is -0.480 e. The van der Waals surface area contributed by atoms with Gasteiger partial charge in [-0.1, -0.05) is 25.7 Å². The maximum atomic E-state index is 11.5. The zero-order valence-electron chi connectivity index (χ0n) is 12.0. The highest BCUT2D eigenvalue weighted by atomic mass is 16.5. The van der Waals surface area contributed by atoms with E-state index in [0.29, 0.717) is 6.61 Å². The zero-order valence-corrected chi connectivity index (χ0v) is 12.0. The van der Waals surface area contributed by atoms with Crippen LogP contribution in [0.5, 0.6) is 0 Å². The number of rotatable bonds is 8. The van der Waals surface area contributed by atoms with Crippen LogP contribution in [0, 0.1) is 11.8 Å². The molecule has 4 nitrogen and oxygen atoms in total. The van der Waals surface area contributed by atoms with Gasteiger partial charge in [-0.2, -0.15) is 0 Å². The van der Waals surface area contributed by atoms with Gasteiger partial charge in [0.15, 0.2) is 0 Å². The highest BCUT2D eigenvalue weighted by Crippen LogP contribution is 2.38. The summed E-state index contributed by atoms with van der Waals surface area (Å²) in [5, 5.41) is 12.5. The van der Waals surface area contributed by atoms with Crippen LogP contribution in [-0.4, -0.2) is 36.9 Å².